The van der Waals surface area contributed by atoms with Crippen molar-refractivity contribution in [1.82, 2.24) is 5.32 Å². The van der Waals surface area contributed by atoms with Gasteiger partial charge in [0, 0.05) is 6.42 Å². The number of carboxylic acids is 1. The van der Waals surface area contributed by atoms with Crippen LogP contribution in [0.25, 0.3) is 0 Å². The van der Waals surface area contributed by atoms with Crippen molar-refractivity contribution in [2.24, 2.45) is 0 Å². The Morgan fingerprint density at radius 2 is 1.70 bits per heavy atom. The zero-order valence-electron chi connectivity index (χ0n) is 13.2. The van der Waals surface area contributed by atoms with Gasteiger partial charge in [-0.1, -0.05) is 60.2 Å². The summed E-state index contributed by atoms with van der Waals surface area (Å²) < 4.78 is 0. The van der Waals surface area contributed by atoms with E-state index in [1.807, 2.05) is 61.5 Å². The summed E-state index contributed by atoms with van der Waals surface area (Å²) in [6.07, 6.45) is 0.854. The van der Waals surface area contributed by atoms with Crippen LogP contribution in [0.2, 0.25) is 0 Å². The van der Waals surface area contributed by atoms with Gasteiger partial charge in [0.25, 0.3) is 0 Å². The maximum atomic E-state index is 12.1. The molecule has 0 radical (unpaired) electrons. The Balaban J connectivity index is 1.94. The number of carbonyl (C=O) groups is 2. The summed E-state index contributed by atoms with van der Waals surface area (Å²) in [5.74, 6) is -1.07. The van der Waals surface area contributed by atoms with Gasteiger partial charge in [-0.25, -0.2) is 0 Å². The second kappa shape index (κ2) is 8.13. The fraction of sp³-hybridized carbons (Fsp3) is 0.263. The van der Waals surface area contributed by atoms with Gasteiger partial charge in [0.2, 0.25) is 5.91 Å². The van der Waals surface area contributed by atoms with E-state index in [9.17, 15) is 9.59 Å². The van der Waals surface area contributed by atoms with Gasteiger partial charge in [-0.05, 0) is 24.5 Å². The lowest BCUT2D eigenvalue weighted by Crippen LogP contribution is -2.30. The number of rotatable bonds is 7. The highest BCUT2D eigenvalue weighted by molar-refractivity contribution is 5.78. The van der Waals surface area contributed by atoms with Gasteiger partial charge in [0.1, 0.15) is 0 Å². The molecular formula is C19H21NO3. The molecule has 2 rings (SSSR count). The lowest BCUT2D eigenvalue weighted by molar-refractivity contribution is -0.137. The van der Waals surface area contributed by atoms with Crippen LogP contribution in [0.3, 0.4) is 0 Å². The Hall–Kier alpha value is -2.62. The second-order valence-corrected chi connectivity index (χ2v) is 5.61. The molecule has 0 aromatic heterocycles. The molecule has 1 atom stereocenters. The van der Waals surface area contributed by atoms with Crippen molar-refractivity contribution >= 4 is 11.9 Å². The quantitative estimate of drug-likeness (QED) is 0.825. The molecule has 0 aliphatic rings. The normalized spacial score (nSPS) is 11.7. The summed E-state index contributed by atoms with van der Waals surface area (Å²) in [6, 6.07) is 16.7. The van der Waals surface area contributed by atoms with E-state index in [0.29, 0.717) is 12.8 Å². The predicted molar refractivity (Wildman–Crippen MR) is 89.1 cm³/mol. The monoisotopic (exact) mass is 311 g/mol. The number of amides is 1. The van der Waals surface area contributed by atoms with Crippen LogP contribution < -0.4 is 5.32 Å². The smallest absolute Gasteiger partial charge is 0.305 e. The minimum atomic E-state index is -0.933. The summed E-state index contributed by atoms with van der Waals surface area (Å²) >= 11 is 0. The van der Waals surface area contributed by atoms with Gasteiger partial charge in [-0.2, -0.15) is 0 Å². The van der Waals surface area contributed by atoms with Crippen LogP contribution in [-0.2, 0) is 16.0 Å². The molecule has 1 amide bonds. The van der Waals surface area contributed by atoms with Crippen molar-refractivity contribution in [3.63, 3.8) is 0 Å². The Labute approximate surface area is 136 Å². The first-order valence-corrected chi connectivity index (χ1v) is 7.66. The number of nitrogens with one attached hydrogen (secondary N) is 1. The van der Waals surface area contributed by atoms with Gasteiger partial charge >= 0.3 is 5.97 Å². The van der Waals surface area contributed by atoms with Crippen LogP contribution in [0.15, 0.2) is 54.6 Å². The van der Waals surface area contributed by atoms with Crippen molar-refractivity contribution in [2.45, 2.75) is 32.2 Å². The largest absolute Gasteiger partial charge is 0.481 e. The highest BCUT2D eigenvalue weighted by atomic mass is 16.4. The average Bonchev–Trinajstić information content (AvgIpc) is 2.54. The van der Waals surface area contributed by atoms with Crippen LogP contribution in [-0.4, -0.2) is 17.0 Å². The molecule has 0 fully saturated rings. The van der Waals surface area contributed by atoms with Crippen LogP contribution >= 0.6 is 0 Å². The minimum Gasteiger partial charge on any atom is -0.481 e. The molecular weight excluding hydrogens is 290 g/mol. The summed E-state index contributed by atoms with van der Waals surface area (Å²) in [5.41, 5.74) is 3.09. The van der Waals surface area contributed by atoms with Crippen molar-refractivity contribution in [3.8, 4) is 0 Å². The van der Waals surface area contributed by atoms with Crippen molar-refractivity contribution in [2.75, 3.05) is 0 Å². The first-order chi connectivity index (χ1) is 11.0. The molecule has 4 nitrogen and oxygen atoms in total. The fourth-order valence-corrected chi connectivity index (χ4v) is 2.39. The van der Waals surface area contributed by atoms with Crippen molar-refractivity contribution < 1.29 is 14.7 Å². The molecule has 2 aromatic rings. The Morgan fingerprint density at radius 3 is 2.30 bits per heavy atom. The Kier molecular flexibility index (Phi) is 5.92. The van der Waals surface area contributed by atoms with Gasteiger partial charge < -0.3 is 10.4 Å². The number of carboxylic acid groups (broad SMARTS) is 1. The van der Waals surface area contributed by atoms with Gasteiger partial charge in [-0.15, -0.1) is 0 Å². The van der Waals surface area contributed by atoms with E-state index in [1.165, 1.54) is 5.56 Å². The third-order valence-electron chi connectivity index (χ3n) is 3.68. The van der Waals surface area contributed by atoms with E-state index in [2.05, 4.69) is 5.32 Å². The molecule has 0 spiro atoms. The number of aryl methyl sites for hydroxylation is 2. The zero-order chi connectivity index (χ0) is 16.7. The van der Waals surface area contributed by atoms with Crippen LogP contribution in [0.1, 0.15) is 35.6 Å². The first kappa shape index (κ1) is 16.7. The Bertz CT molecular complexity index is 650. The van der Waals surface area contributed by atoms with E-state index < -0.39 is 12.0 Å². The molecule has 0 bridgehead atoms. The van der Waals surface area contributed by atoms with Crippen LogP contribution in [0.4, 0.5) is 0 Å². The molecule has 0 saturated carbocycles. The molecule has 0 saturated heterocycles. The van der Waals surface area contributed by atoms with Crippen molar-refractivity contribution in [1.29, 1.82) is 0 Å². The van der Waals surface area contributed by atoms with E-state index >= 15 is 0 Å². The molecule has 0 heterocycles. The summed E-state index contributed by atoms with van der Waals surface area (Å²) in [6.45, 7) is 2.02. The molecule has 23 heavy (non-hydrogen) atoms. The SMILES string of the molecule is Cc1ccc(CCC(=O)NC(CC(=O)O)c2ccccc2)cc1. The van der Waals surface area contributed by atoms with E-state index in [4.69, 9.17) is 5.11 Å². The highest BCUT2D eigenvalue weighted by Crippen LogP contribution is 2.17. The third kappa shape index (κ3) is 5.58. The number of benzene rings is 2. The van der Waals surface area contributed by atoms with Gasteiger partial charge in [0.15, 0.2) is 0 Å². The zero-order valence-corrected chi connectivity index (χ0v) is 13.2. The maximum Gasteiger partial charge on any atom is 0.305 e. The third-order valence-corrected chi connectivity index (χ3v) is 3.68. The van der Waals surface area contributed by atoms with Crippen LogP contribution in [0.5, 0.6) is 0 Å². The molecule has 2 aromatic carbocycles. The number of carbonyl (C=O) groups excluding carboxylic acids is 1. The van der Waals surface area contributed by atoms with Crippen LogP contribution in [0, 0.1) is 6.92 Å². The average molecular weight is 311 g/mol. The molecule has 2 N–H and O–H groups in total. The van der Waals surface area contributed by atoms with E-state index in [-0.39, 0.29) is 12.3 Å². The lowest BCUT2D eigenvalue weighted by atomic mass is 10.0. The lowest BCUT2D eigenvalue weighted by Gasteiger charge is -2.17. The van der Waals surface area contributed by atoms with Crippen molar-refractivity contribution in [3.05, 3.63) is 71.3 Å². The summed E-state index contributed by atoms with van der Waals surface area (Å²) in [5, 5.41) is 11.9. The molecule has 1 unspecified atom stereocenters. The number of hydrogen-bond acceptors (Lipinski definition) is 2. The van der Waals surface area contributed by atoms with Gasteiger partial charge in [-0.3, -0.25) is 9.59 Å². The molecule has 4 heteroatoms. The predicted octanol–water partition coefficient (Wildman–Crippen LogP) is 3.26. The molecule has 120 valence electrons. The first-order valence-electron chi connectivity index (χ1n) is 7.66. The fourth-order valence-electron chi connectivity index (χ4n) is 2.39. The highest BCUT2D eigenvalue weighted by Gasteiger charge is 2.17. The molecule has 0 aliphatic carbocycles. The number of hydrogen-bond donors (Lipinski definition) is 2. The standard InChI is InChI=1S/C19H21NO3/c1-14-7-9-15(10-8-14)11-12-18(21)20-17(13-19(22)23)16-5-3-2-4-6-16/h2-10,17H,11-13H2,1H3,(H,20,21)(H,22,23). The number of aliphatic carboxylic acids is 1. The van der Waals surface area contributed by atoms with E-state index in [1.54, 1.807) is 0 Å². The maximum absolute atomic E-state index is 12.1. The van der Waals surface area contributed by atoms with E-state index in [0.717, 1.165) is 11.1 Å². The summed E-state index contributed by atoms with van der Waals surface area (Å²) in [4.78, 5) is 23.2. The topological polar surface area (TPSA) is 66.4 Å². The van der Waals surface area contributed by atoms with Gasteiger partial charge in [0.05, 0.1) is 12.5 Å². The second-order valence-electron chi connectivity index (χ2n) is 5.61. The minimum absolute atomic E-state index is 0.125. The molecule has 0 aliphatic heterocycles. The Morgan fingerprint density at radius 1 is 1.04 bits per heavy atom. The summed E-state index contributed by atoms with van der Waals surface area (Å²) in [7, 11) is 0.